The molecule has 0 saturated carbocycles. The first-order valence-corrected chi connectivity index (χ1v) is 18.1. The van der Waals surface area contributed by atoms with Crippen molar-refractivity contribution in [3.63, 3.8) is 0 Å². The van der Waals surface area contributed by atoms with E-state index in [9.17, 15) is 44.1 Å². The molecule has 7 atom stereocenters. The number of carboxylic acid groups (broad SMARTS) is 1. The first kappa shape index (κ1) is 44.8. The van der Waals surface area contributed by atoms with Gasteiger partial charge in [-0.1, -0.05) is 33.8 Å². The molecule has 308 valence electrons. The number of primary amides is 1. The van der Waals surface area contributed by atoms with Crippen LogP contribution in [0.5, 0.6) is 5.75 Å². The highest BCUT2D eigenvalue weighted by molar-refractivity contribution is 5.99. The number of aliphatic hydroxyl groups excluding tert-OH is 3. The molecular formula is C35H55N7O13. The van der Waals surface area contributed by atoms with Crippen molar-refractivity contribution >= 4 is 41.4 Å². The maximum atomic E-state index is 13.9. The molecule has 1 aromatic carbocycles. The monoisotopic (exact) mass is 781 g/mol. The van der Waals surface area contributed by atoms with E-state index >= 15 is 0 Å². The molecule has 0 radical (unpaired) electrons. The van der Waals surface area contributed by atoms with Crippen molar-refractivity contribution in [2.45, 2.75) is 103 Å². The predicted molar refractivity (Wildman–Crippen MR) is 194 cm³/mol. The second kappa shape index (κ2) is 20.9. The van der Waals surface area contributed by atoms with E-state index < -0.39 is 78.5 Å². The van der Waals surface area contributed by atoms with Crippen LogP contribution in [0.2, 0.25) is 0 Å². The minimum Gasteiger partial charge on any atom is -0.480 e. The van der Waals surface area contributed by atoms with E-state index in [1.807, 2.05) is 27.7 Å². The maximum Gasteiger partial charge on any atom is 0.317 e. The molecule has 0 bridgehead atoms. The third-order valence-corrected chi connectivity index (χ3v) is 8.91. The van der Waals surface area contributed by atoms with Gasteiger partial charge in [-0.05, 0) is 36.5 Å². The van der Waals surface area contributed by atoms with Gasteiger partial charge in [0.15, 0.2) is 6.10 Å². The fourth-order valence-corrected chi connectivity index (χ4v) is 6.01. The third-order valence-electron chi connectivity index (χ3n) is 8.91. The maximum absolute atomic E-state index is 13.9. The van der Waals surface area contributed by atoms with Gasteiger partial charge in [0, 0.05) is 45.7 Å². The molecule has 2 heterocycles. The number of ether oxygens (including phenoxy) is 3. The molecule has 0 aliphatic carbocycles. The van der Waals surface area contributed by atoms with Gasteiger partial charge in [-0.15, -0.1) is 0 Å². The number of hydrogen-bond acceptors (Lipinski definition) is 14. The molecule has 2 saturated heterocycles. The van der Waals surface area contributed by atoms with Crippen molar-refractivity contribution < 1.29 is 63.4 Å². The zero-order valence-electron chi connectivity index (χ0n) is 31.7. The number of carboxylic acids is 1. The van der Waals surface area contributed by atoms with Gasteiger partial charge < -0.3 is 66.5 Å². The number of carbonyl (C=O) groups is 6. The van der Waals surface area contributed by atoms with E-state index in [0.717, 1.165) is 0 Å². The van der Waals surface area contributed by atoms with Gasteiger partial charge in [0.25, 0.3) is 5.91 Å². The summed E-state index contributed by atoms with van der Waals surface area (Å²) in [6, 6.07) is 1.73. The Balaban J connectivity index is 1.89. The average Bonchev–Trinajstić information content (AvgIpc) is 3.11. The summed E-state index contributed by atoms with van der Waals surface area (Å²) < 4.78 is 16.9. The summed E-state index contributed by atoms with van der Waals surface area (Å²) in [6.07, 6.45) is -8.80. The zero-order valence-corrected chi connectivity index (χ0v) is 31.7. The van der Waals surface area contributed by atoms with Crippen LogP contribution in [0, 0.1) is 5.92 Å². The predicted octanol–water partition coefficient (Wildman–Crippen LogP) is -1.94. The number of nitrogens with two attached hydrogens (primary N) is 1. The Kier molecular flexibility index (Phi) is 17.0. The number of hydrogen-bond donors (Lipinski definition) is 9. The van der Waals surface area contributed by atoms with E-state index in [0.29, 0.717) is 5.56 Å². The highest BCUT2D eigenvalue weighted by atomic mass is 16.7. The summed E-state index contributed by atoms with van der Waals surface area (Å²) in [5.41, 5.74) is 5.55. The number of nitrogens with zero attached hydrogens (tertiary/aromatic N) is 2. The second-order valence-corrected chi connectivity index (χ2v) is 14.1. The third kappa shape index (κ3) is 13.6. The molecule has 5 amide bonds. The molecular weight excluding hydrogens is 726 g/mol. The van der Waals surface area contributed by atoms with Crippen LogP contribution >= 0.6 is 0 Å². The van der Waals surface area contributed by atoms with Crippen molar-refractivity contribution in [2.75, 3.05) is 44.6 Å². The molecule has 10 N–H and O–H groups in total. The van der Waals surface area contributed by atoms with Gasteiger partial charge in [0.1, 0.15) is 36.7 Å². The van der Waals surface area contributed by atoms with Crippen LogP contribution in [0.4, 0.5) is 10.5 Å². The molecule has 0 spiro atoms. The minimum absolute atomic E-state index is 0.000593. The highest BCUT2D eigenvalue weighted by Crippen LogP contribution is 2.32. The topological polar surface area (TPSA) is 292 Å². The smallest absolute Gasteiger partial charge is 0.317 e. The van der Waals surface area contributed by atoms with Gasteiger partial charge in [0.2, 0.25) is 18.1 Å². The van der Waals surface area contributed by atoms with Gasteiger partial charge in [-0.3, -0.25) is 28.9 Å². The molecule has 2 fully saturated rings. The minimum atomic E-state index is -1.91. The molecule has 55 heavy (non-hydrogen) atoms. The summed E-state index contributed by atoms with van der Waals surface area (Å²) >= 11 is 0. The van der Waals surface area contributed by atoms with E-state index in [4.69, 9.17) is 25.1 Å². The number of aliphatic carboxylic acids is 1. The summed E-state index contributed by atoms with van der Waals surface area (Å²) in [5, 5.41) is 52.7. The molecule has 0 unspecified atom stereocenters. The molecule has 1 aromatic rings. The molecule has 0 aromatic heterocycles. The Morgan fingerprint density at radius 1 is 0.964 bits per heavy atom. The number of piperazine rings is 1. The Bertz CT molecular complexity index is 1500. The van der Waals surface area contributed by atoms with Crippen LogP contribution in [0.3, 0.4) is 0 Å². The average molecular weight is 782 g/mol. The lowest BCUT2D eigenvalue weighted by molar-refractivity contribution is -0.269. The number of urea groups is 1. The van der Waals surface area contributed by atoms with Crippen LogP contribution in [-0.4, -0.2) is 154 Å². The van der Waals surface area contributed by atoms with Crippen molar-refractivity contribution in [1.82, 2.24) is 25.8 Å². The lowest BCUT2D eigenvalue weighted by atomic mass is 9.97. The van der Waals surface area contributed by atoms with Crippen LogP contribution in [-0.2, 0) is 40.1 Å². The zero-order chi connectivity index (χ0) is 41.0. The van der Waals surface area contributed by atoms with E-state index in [1.165, 1.54) is 30.0 Å². The molecule has 20 heteroatoms. The van der Waals surface area contributed by atoms with Crippen LogP contribution in [0.25, 0.3) is 0 Å². The summed E-state index contributed by atoms with van der Waals surface area (Å²) in [6.45, 7) is 9.06. The fourth-order valence-electron chi connectivity index (χ4n) is 6.01. The van der Waals surface area contributed by atoms with Crippen molar-refractivity contribution in [3.8, 4) is 5.75 Å². The number of amides is 5. The van der Waals surface area contributed by atoms with Crippen LogP contribution in [0.1, 0.15) is 53.0 Å². The summed E-state index contributed by atoms with van der Waals surface area (Å²) in [4.78, 5) is 77.6. The number of aliphatic hydroxyl groups is 3. The van der Waals surface area contributed by atoms with E-state index in [1.54, 1.807) is 4.90 Å². The lowest BCUT2D eigenvalue weighted by Crippen LogP contribution is -2.64. The Morgan fingerprint density at radius 3 is 2.22 bits per heavy atom. The number of benzene rings is 1. The quantitative estimate of drug-likeness (QED) is 0.0579. The van der Waals surface area contributed by atoms with Gasteiger partial charge in [-0.2, -0.15) is 0 Å². The molecule has 2 aliphatic heterocycles. The Hall–Kier alpha value is -4.60. The SMILES string of the molecule is CC(=O)OCc1ccc(NC(=O)[C@H](CCCNC(N)=O)NC(=O)[C@@H](NC(C)C)C(C)C)c(O[C@@H]2O[C@H](C(=O)N3CCN(CC(=O)O)CC3)[C@@H](O)[C@H](O)[C@H]2O)c1. The summed E-state index contributed by atoms with van der Waals surface area (Å²) in [7, 11) is 0. The van der Waals surface area contributed by atoms with Crippen molar-refractivity contribution in [3.05, 3.63) is 23.8 Å². The molecule has 20 nitrogen and oxygen atoms in total. The number of rotatable bonds is 18. The fraction of sp³-hybridized carbons (Fsp3) is 0.657. The Labute approximate surface area is 319 Å². The normalized spacial score (nSPS) is 22.7. The van der Waals surface area contributed by atoms with Crippen molar-refractivity contribution in [1.29, 1.82) is 0 Å². The van der Waals surface area contributed by atoms with Gasteiger partial charge in [-0.25, -0.2) is 4.79 Å². The van der Waals surface area contributed by atoms with Gasteiger partial charge in [0.05, 0.1) is 18.3 Å². The summed E-state index contributed by atoms with van der Waals surface area (Å²) in [5.74, 6) is -3.74. The highest BCUT2D eigenvalue weighted by Gasteiger charge is 2.49. The number of anilines is 1. The number of nitrogens with one attached hydrogen (secondary N) is 4. The number of carbonyl (C=O) groups excluding carboxylic acids is 5. The largest absolute Gasteiger partial charge is 0.480 e. The van der Waals surface area contributed by atoms with Crippen molar-refractivity contribution in [2.24, 2.45) is 11.7 Å². The van der Waals surface area contributed by atoms with E-state index in [-0.39, 0.29) is 82.1 Å². The van der Waals surface area contributed by atoms with E-state index in [2.05, 4.69) is 21.3 Å². The lowest BCUT2D eigenvalue weighted by Gasteiger charge is -2.42. The first-order chi connectivity index (χ1) is 25.9. The Morgan fingerprint density at radius 2 is 1.64 bits per heavy atom. The first-order valence-electron chi connectivity index (χ1n) is 18.1. The molecule has 2 aliphatic rings. The second-order valence-electron chi connectivity index (χ2n) is 14.1. The standard InChI is InChI=1S/C35H55N7O13/c1-18(2)26(38-19(3)4)32(50)40-23(7-6-10-37-35(36)52)31(49)39-22-9-8-21(17-53-20(5)43)15-24(22)54-34-29(48)27(46)28(47)30(55-34)33(51)42-13-11-41(12-14-42)16-25(44)45/h8-9,15,18-19,23,26-30,34,38,46-48H,6-7,10-14,16-17H2,1-5H3,(H,39,49)(H,40,50)(H,44,45)(H3,36,37,52)/t23-,26-,27-,28-,29+,30-,34+/m0/s1. The van der Waals surface area contributed by atoms with Crippen LogP contribution in [0.15, 0.2) is 18.2 Å². The molecule has 3 rings (SSSR count). The van der Waals surface area contributed by atoms with Gasteiger partial charge >= 0.3 is 18.0 Å². The number of esters is 1. The van der Waals surface area contributed by atoms with Crippen LogP contribution < -0.4 is 31.7 Å².